The first-order valence-corrected chi connectivity index (χ1v) is 7.18. The Morgan fingerprint density at radius 3 is 2.90 bits per heavy atom. The first kappa shape index (κ1) is 14.6. The molecule has 0 bridgehead atoms. The van der Waals surface area contributed by atoms with E-state index in [1.54, 1.807) is 12.3 Å². The number of hydrogen-bond donors (Lipinski definition) is 2. The normalized spacial score (nSPS) is 15.8. The number of hydrogen-bond acceptors (Lipinski definition) is 3. The number of carbonyl (C=O) groups excluding carboxylic acids is 1. The van der Waals surface area contributed by atoms with Crippen molar-refractivity contribution in [1.29, 1.82) is 0 Å². The lowest BCUT2D eigenvalue weighted by Gasteiger charge is -2.26. The number of amides is 2. The van der Waals surface area contributed by atoms with Crippen molar-refractivity contribution in [2.45, 2.75) is 25.8 Å². The highest BCUT2D eigenvalue weighted by Gasteiger charge is 2.10. The number of anilines is 1. The summed E-state index contributed by atoms with van der Waals surface area (Å²) in [6.07, 6.45) is 9.12. The molecule has 0 unspecified atom stereocenters. The molecule has 1 fully saturated rings. The smallest absolute Gasteiger partial charge is 0.319 e. The van der Waals surface area contributed by atoms with E-state index in [4.69, 9.17) is 0 Å². The topological polar surface area (TPSA) is 62.2 Å². The molecule has 0 radical (unpaired) electrons. The van der Waals surface area contributed by atoms with Crippen LogP contribution in [0.3, 0.4) is 0 Å². The lowest BCUT2D eigenvalue weighted by atomic mass is 10.1. The van der Waals surface area contributed by atoms with E-state index >= 15 is 0 Å². The SMILES string of the molecule is C=CCNC(=O)Nc1cnn(CCN2CCCCC2)c1. The molecule has 0 atom stereocenters. The molecule has 2 amide bonds. The number of rotatable bonds is 6. The third-order valence-corrected chi connectivity index (χ3v) is 3.39. The van der Waals surface area contributed by atoms with Gasteiger partial charge in [0.1, 0.15) is 0 Å². The third kappa shape index (κ3) is 4.70. The molecule has 2 N–H and O–H groups in total. The van der Waals surface area contributed by atoms with Crippen molar-refractivity contribution in [3.63, 3.8) is 0 Å². The van der Waals surface area contributed by atoms with Crippen molar-refractivity contribution in [2.75, 3.05) is 31.5 Å². The van der Waals surface area contributed by atoms with Crippen LogP contribution < -0.4 is 10.6 Å². The van der Waals surface area contributed by atoms with Crippen molar-refractivity contribution in [3.05, 3.63) is 25.0 Å². The van der Waals surface area contributed by atoms with Crippen molar-refractivity contribution in [1.82, 2.24) is 20.0 Å². The highest BCUT2D eigenvalue weighted by atomic mass is 16.2. The highest BCUT2D eigenvalue weighted by molar-refractivity contribution is 5.88. The molecular weight excluding hydrogens is 254 g/mol. The molecule has 1 aliphatic heterocycles. The van der Waals surface area contributed by atoms with Gasteiger partial charge in [-0.25, -0.2) is 4.79 Å². The predicted molar refractivity (Wildman–Crippen MR) is 79.7 cm³/mol. The Balaban J connectivity index is 1.73. The summed E-state index contributed by atoms with van der Waals surface area (Å²) in [7, 11) is 0. The molecule has 6 nitrogen and oxygen atoms in total. The van der Waals surface area contributed by atoms with Crippen LogP contribution >= 0.6 is 0 Å². The summed E-state index contributed by atoms with van der Waals surface area (Å²) < 4.78 is 1.87. The molecule has 20 heavy (non-hydrogen) atoms. The predicted octanol–water partition coefficient (Wildman–Crippen LogP) is 1.68. The van der Waals surface area contributed by atoms with Crippen LogP contribution in [0, 0.1) is 0 Å². The molecule has 2 heterocycles. The van der Waals surface area contributed by atoms with Crippen LogP contribution in [0.15, 0.2) is 25.0 Å². The molecular formula is C14H23N5O. The Bertz CT molecular complexity index is 437. The molecule has 1 aliphatic rings. The van der Waals surface area contributed by atoms with Gasteiger partial charge in [0.15, 0.2) is 0 Å². The van der Waals surface area contributed by atoms with Crippen LogP contribution in [-0.2, 0) is 6.54 Å². The van der Waals surface area contributed by atoms with Crippen LogP contribution in [0.1, 0.15) is 19.3 Å². The fraction of sp³-hybridized carbons (Fsp3) is 0.571. The maximum absolute atomic E-state index is 11.5. The Hall–Kier alpha value is -1.82. The molecule has 110 valence electrons. The number of piperidine rings is 1. The third-order valence-electron chi connectivity index (χ3n) is 3.39. The van der Waals surface area contributed by atoms with Crippen LogP contribution in [-0.4, -0.2) is 46.9 Å². The van der Waals surface area contributed by atoms with E-state index in [9.17, 15) is 4.79 Å². The van der Waals surface area contributed by atoms with E-state index in [1.165, 1.54) is 32.4 Å². The van der Waals surface area contributed by atoms with Crippen LogP contribution in [0.4, 0.5) is 10.5 Å². The Kier molecular flexibility index (Phi) is 5.61. The summed E-state index contributed by atoms with van der Waals surface area (Å²) in [5.41, 5.74) is 0.713. The molecule has 0 saturated carbocycles. The fourth-order valence-electron chi connectivity index (χ4n) is 2.32. The number of urea groups is 1. The molecule has 6 heteroatoms. The summed E-state index contributed by atoms with van der Waals surface area (Å²) in [5.74, 6) is 0. The highest BCUT2D eigenvalue weighted by Crippen LogP contribution is 2.09. The van der Waals surface area contributed by atoms with Gasteiger partial charge in [-0.05, 0) is 25.9 Å². The minimum absolute atomic E-state index is 0.236. The molecule has 0 aliphatic carbocycles. The van der Waals surface area contributed by atoms with Gasteiger partial charge in [-0.2, -0.15) is 5.10 Å². The lowest BCUT2D eigenvalue weighted by molar-refractivity contribution is 0.218. The van der Waals surface area contributed by atoms with Crippen LogP contribution in [0.2, 0.25) is 0 Å². The minimum Gasteiger partial charge on any atom is -0.334 e. The van der Waals surface area contributed by atoms with Gasteiger partial charge in [-0.15, -0.1) is 6.58 Å². The number of carbonyl (C=O) groups is 1. The second-order valence-electron chi connectivity index (χ2n) is 5.02. The number of nitrogens with zero attached hydrogens (tertiary/aromatic N) is 3. The van der Waals surface area contributed by atoms with Crippen molar-refractivity contribution >= 4 is 11.7 Å². The molecule has 0 spiro atoms. The number of nitrogens with one attached hydrogen (secondary N) is 2. The van der Waals surface area contributed by atoms with E-state index in [0.29, 0.717) is 12.2 Å². The fourth-order valence-corrected chi connectivity index (χ4v) is 2.32. The first-order chi connectivity index (χ1) is 9.78. The minimum atomic E-state index is -0.236. The Labute approximate surface area is 119 Å². The van der Waals surface area contributed by atoms with E-state index < -0.39 is 0 Å². The summed E-state index contributed by atoms with van der Waals surface area (Å²) in [6.45, 7) is 8.26. The van der Waals surface area contributed by atoms with Gasteiger partial charge in [0, 0.05) is 19.3 Å². The largest absolute Gasteiger partial charge is 0.334 e. The maximum Gasteiger partial charge on any atom is 0.319 e. The lowest BCUT2D eigenvalue weighted by Crippen LogP contribution is -2.32. The van der Waals surface area contributed by atoms with Gasteiger partial charge in [0.05, 0.1) is 18.4 Å². The zero-order chi connectivity index (χ0) is 14.2. The summed E-state index contributed by atoms with van der Waals surface area (Å²) in [5, 5.41) is 9.66. The average molecular weight is 277 g/mol. The van der Waals surface area contributed by atoms with Gasteiger partial charge in [0.25, 0.3) is 0 Å². The standard InChI is InChI=1S/C14H23N5O/c1-2-6-15-14(20)17-13-11-16-19(12-13)10-9-18-7-4-3-5-8-18/h2,11-12H,1,3-10H2,(H2,15,17,20). The number of likely N-dealkylation sites (tertiary alicyclic amines) is 1. The molecule has 0 aromatic carbocycles. The van der Waals surface area contributed by atoms with Gasteiger partial charge >= 0.3 is 6.03 Å². The second-order valence-corrected chi connectivity index (χ2v) is 5.02. The van der Waals surface area contributed by atoms with Crippen molar-refractivity contribution in [3.8, 4) is 0 Å². The number of aromatic nitrogens is 2. The van der Waals surface area contributed by atoms with E-state index in [0.717, 1.165) is 13.1 Å². The quantitative estimate of drug-likeness (QED) is 0.778. The van der Waals surface area contributed by atoms with Gasteiger partial charge in [-0.1, -0.05) is 12.5 Å². The summed E-state index contributed by atoms with van der Waals surface area (Å²) in [4.78, 5) is 13.9. The molecule has 1 saturated heterocycles. The average Bonchev–Trinajstić information content (AvgIpc) is 2.91. The van der Waals surface area contributed by atoms with E-state index in [1.807, 2.05) is 10.9 Å². The van der Waals surface area contributed by atoms with Gasteiger partial charge < -0.3 is 15.5 Å². The Morgan fingerprint density at radius 2 is 2.15 bits per heavy atom. The van der Waals surface area contributed by atoms with Crippen molar-refractivity contribution in [2.24, 2.45) is 0 Å². The second kappa shape index (κ2) is 7.69. The van der Waals surface area contributed by atoms with E-state index in [-0.39, 0.29) is 6.03 Å². The summed E-state index contributed by atoms with van der Waals surface area (Å²) >= 11 is 0. The molecule has 2 rings (SSSR count). The molecule has 1 aromatic rings. The zero-order valence-electron chi connectivity index (χ0n) is 11.8. The zero-order valence-corrected chi connectivity index (χ0v) is 11.8. The van der Waals surface area contributed by atoms with Crippen molar-refractivity contribution < 1.29 is 4.79 Å². The Morgan fingerprint density at radius 1 is 1.35 bits per heavy atom. The van der Waals surface area contributed by atoms with E-state index in [2.05, 4.69) is 27.2 Å². The first-order valence-electron chi connectivity index (χ1n) is 7.18. The van der Waals surface area contributed by atoms with Gasteiger partial charge in [-0.3, -0.25) is 4.68 Å². The summed E-state index contributed by atoms with van der Waals surface area (Å²) in [6, 6.07) is -0.236. The van der Waals surface area contributed by atoms with Crippen LogP contribution in [0.25, 0.3) is 0 Å². The molecule has 1 aromatic heterocycles. The van der Waals surface area contributed by atoms with Crippen LogP contribution in [0.5, 0.6) is 0 Å². The van der Waals surface area contributed by atoms with Gasteiger partial charge in [0.2, 0.25) is 0 Å². The monoisotopic (exact) mass is 277 g/mol. The maximum atomic E-state index is 11.5.